The molecule has 0 saturated carbocycles. The van der Waals surface area contributed by atoms with E-state index in [1.807, 2.05) is 49.6 Å². The Bertz CT molecular complexity index is 1140. The zero-order valence-corrected chi connectivity index (χ0v) is 16.7. The number of nitrogens with one attached hydrogen (secondary N) is 2. The van der Waals surface area contributed by atoms with Gasteiger partial charge in [-0.05, 0) is 43.7 Å². The lowest BCUT2D eigenvalue weighted by atomic mass is 10.3. The predicted octanol–water partition coefficient (Wildman–Crippen LogP) is 3.94. The first-order valence-corrected chi connectivity index (χ1v) is 10.3. The number of ether oxygens (including phenoxy) is 1. The third-order valence-electron chi connectivity index (χ3n) is 4.69. The molecule has 8 heteroatoms. The van der Waals surface area contributed by atoms with Crippen LogP contribution in [0.25, 0.3) is 20.8 Å². The first-order chi connectivity index (χ1) is 14.2. The van der Waals surface area contributed by atoms with Crippen LogP contribution in [0.15, 0.2) is 48.9 Å². The van der Waals surface area contributed by atoms with E-state index in [1.54, 1.807) is 17.5 Å². The fourth-order valence-corrected chi connectivity index (χ4v) is 4.21. The van der Waals surface area contributed by atoms with Crippen LogP contribution < -0.4 is 15.4 Å². The van der Waals surface area contributed by atoms with Crippen LogP contribution >= 0.6 is 11.3 Å². The minimum absolute atomic E-state index is 0.174. The molecule has 5 rings (SSSR count). The van der Waals surface area contributed by atoms with Crippen LogP contribution in [0.5, 0.6) is 5.88 Å². The van der Waals surface area contributed by atoms with Crippen molar-refractivity contribution in [2.45, 2.75) is 19.4 Å². The Morgan fingerprint density at radius 1 is 1.17 bits per heavy atom. The number of anilines is 2. The van der Waals surface area contributed by atoms with Gasteiger partial charge >= 0.3 is 0 Å². The number of pyridine rings is 3. The van der Waals surface area contributed by atoms with Gasteiger partial charge in [-0.2, -0.15) is 4.98 Å². The van der Waals surface area contributed by atoms with Crippen molar-refractivity contribution >= 4 is 33.2 Å². The monoisotopic (exact) mass is 404 g/mol. The molecule has 1 aliphatic rings. The topological polar surface area (TPSA) is 84.9 Å². The smallest absolute Gasteiger partial charge is 0.215 e. The molecule has 0 amide bonds. The minimum atomic E-state index is 0.174. The number of thiazole rings is 1. The molecule has 0 aliphatic carbocycles. The maximum absolute atomic E-state index is 6.01. The quantitative estimate of drug-likeness (QED) is 0.521. The first kappa shape index (κ1) is 18.0. The number of hydrogen-bond acceptors (Lipinski definition) is 8. The van der Waals surface area contributed by atoms with Crippen LogP contribution in [0.3, 0.4) is 0 Å². The molecule has 1 fully saturated rings. The summed E-state index contributed by atoms with van der Waals surface area (Å²) in [6.07, 6.45) is 6.60. The van der Waals surface area contributed by atoms with Crippen molar-refractivity contribution in [2.75, 3.05) is 18.4 Å². The summed E-state index contributed by atoms with van der Waals surface area (Å²) in [5.41, 5.74) is 2.98. The van der Waals surface area contributed by atoms with Crippen LogP contribution in [-0.4, -0.2) is 39.1 Å². The van der Waals surface area contributed by atoms with Crippen LogP contribution in [0.1, 0.15) is 12.0 Å². The highest BCUT2D eigenvalue weighted by molar-refractivity contribution is 7.21. The number of nitrogens with zero attached hydrogens (tertiary/aromatic N) is 4. The standard InChI is InChI=1S/C21H20N6OS/c1-13-7-19(27-20(8-13)28-15-4-6-23-11-15)26-18-9-16-17(12-24-18)29-21(25-16)14-3-2-5-22-10-14/h2-3,5,7-10,12,15,23H,4,6,11H2,1H3,(H,24,26,27)/t15-/m0/s1. The molecule has 0 unspecified atom stereocenters. The van der Waals surface area contributed by atoms with Gasteiger partial charge < -0.3 is 15.4 Å². The maximum Gasteiger partial charge on any atom is 0.215 e. The van der Waals surface area contributed by atoms with Crippen molar-refractivity contribution in [1.82, 2.24) is 25.3 Å². The van der Waals surface area contributed by atoms with Crippen molar-refractivity contribution in [3.05, 3.63) is 54.5 Å². The van der Waals surface area contributed by atoms with Gasteiger partial charge in [0.15, 0.2) is 0 Å². The second kappa shape index (κ2) is 7.73. The summed E-state index contributed by atoms with van der Waals surface area (Å²) in [4.78, 5) is 18.0. The van der Waals surface area contributed by atoms with Crippen LogP contribution in [0.4, 0.5) is 11.6 Å². The summed E-state index contributed by atoms with van der Waals surface area (Å²) >= 11 is 1.61. The third-order valence-corrected chi connectivity index (χ3v) is 5.74. The second-order valence-corrected chi connectivity index (χ2v) is 8.05. The minimum Gasteiger partial charge on any atom is -0.473 e. The van der Waals surface area contributed by atoms with E-state index in [1.165, 1.54) is 0 Å². The number of fused-ring (bicyclic) bond motifs is 1. The van der Waals surface area contributed by atoms with Gasteiger partial charge in [0, 0.05) is 42.8 Å². The van der Waals surface area contributed by atoms with E-state index < -0.39 is 0 Å². The Balaban J connectivity index is 1.39. The lowest BCUT2D eigenvalue weighted by Crippen LogP contribution is -2.20. The van der Waals surface area contributed by atoms with E-state index in [9.17, 15) is 0 Å². The normalized spacial score (nSPS) is 16.2. The van der Waals surface area contributed by atoms with Gasteiger partial charge in [-0.3, -0.25) is 4.98 Å². The van der Waals surface area contributed by atoms with Crippen molar-refractivity contribution in [3.63, 3.8) is 0 Å². The zero-order valence-electron chi connectivity index (χ0n) is 15.9. The molecule has 5 heterocycles. The highest BCUT2D eigenvalue weighted by atomic mass is 32.1. The maximum atomic E-state index is 6.01. The Morgan fingerprint density at radius 2 is 2.14 bits per heavy atom. The third kappa shape index (κ3) is 4.03. The van der Waals surface area contributed by atoms with Gasteiger partial charge in [-0.1, -0.05) is 0 Å². The van der Waals surface area contributed by atoms with E-state index >= 15 is 0 Å². The van der Waals surface area contributed by atoms with E-state index in [2.05, 4.69) is 25.6 Å². The van der Waals surface area contributed by atoms with Crippen molar-refractivity contribution in [3.8, 4) is 16.5 Å². The van der Waals surface area contributed by atoms with Crippen molar-refractivity contribution in [2.24, 2.45) is 0 Å². The average molecular weight is 404 g/mol. The molecular formula is C21H20N6OS. The molecule has 29 heavy (non-hydrogen) atoms. The molecule has 4 aromatic heterocycles. The second-order valence-electron chi connectivity index (χ2n) is 7.02. The van der Waals surface area contributed by atoms with Gasteiger partial charge in [0.25, 0.3) is 0 Å². The summed E-state index contributed by atoms with van der Waals surface area (Å²) in [6.45, 7) is 3.88. The number of aryl methyl sites for hydroxylation is 1. The van der Waals surface area contributed by atoms with Crippen LogP contribution in [-0.2, 0) is 0 Å². The van der Waals surface area contributed by atoms with Gasteiger partial charge in [0.05, 0.1) is 10.2 Å². The summed E-state index contributed by atoms with van der Waals surface area (Å²) in [7, 11) is 0. The first-order valence-electron chi connectivity index (χ1n) is 9.53. The number of aromatic nitrogens is 4. The summed E-state index contributed by atoms with van der Waals surface area (Å²) in [6, 6.07) is 9.80. The highest BCUT2D eigenvalue weighted by Gasteiger charge is 2.17. The molecule has 1 saturated heterocycles. The molecule has 2 N–H and O–H groups in total. The van der Waals surface area contributed by atoms with Crippen molar-refractivity contribution in [1.29, 1.82) is 0 Å². The Labute approximate surface area is 172 Å². The zero-order chi connectivity index (χ0) is 19.6. The molecule has 0 bridgehead atoms. The molecule has 0 spiro atoms. The molecule has 0 aromatic carbocycles. The summed E-state index contributed by atoms with van der Waals surface area (Å²) in [5.74, 6) is 2.04. The largest absolute Gasteiger partial charge is 0.473 e. The lowest BCUT2D eigenvalue weighted by molar-refractivity contribution is 0.214. The van der Waals surface area contributed by atoms with E-state index in [-0.39, 0.29) is 6.10 Å². The Morgan fingerprint density at radius 3 is 2.97 bits per heavy atom. The fraction of sp³-hybridized carbons (Fsp3) is 0.238. The summed E-state index contributed by atoms with van der Waals surface area (Å²) < 4.78 is 7.04. The fourth-order valence-electron chi connectivity index (χ4n) is 3.31. The van der Waals surface area contributed by atoms with Gasteiger partial charge in [-0.25, -0.2) is 9.97 Å². The predicted molar refractivity (Wildman–Crippen MR) is 115 cm³/mol. The molecular weight excluding hydrogens is 384 g/mol. The van der Waals surface area contributed by atoms with E-state index in [0.717, 1.165) is 45.9 Å². The molecule has 4 aromatic rings. The highest BCUT2D eigenvalue weighted by Crippen LogP contribution is 2.31. The van der Waals surface area contributed by atoms with Crippen LogP contribution in [0.2, 0.25) is 0 Å². The van der Waals surface area contributed by atoms with E-state index in [4.69, 9.17) is 9.72 Å². The number of hydrogen-bond donors (Lipinski definition) is 2. The van der Waals surface area contributed by atoms with E-state index in [0.29, 0.717) is 17.5 Å². The summed E-state index contributed by atoms with van der Waals surface area (Å²) in [5, 5.41) is 7.52. The average Bonchev–Trinajstić information content (AvgIpc) is 3.37. The lowest BCUT2D eigenvalue weighted by Gasteiger charge is -2.13. The SMILES string of the molecule is Cc1cc(Nc2cc3nc(-c4cccnc4)sc3cn2)nc(O[C@H]2CCNC2)c1. The molecule has 7 nitrogen and oxygen atoms in total. The van der Waals surface area contributed by atoms with Gasteiger partial charge in [0.2, 0.25) is 5.88 Å². The molecule has 0 radical (unpaired) electrons. The molecule has 1 atom stereocenters. The van der Waals surface area contributed by atoms with Crippen molar-refractivity contribution < 1.29 is 4.74 Å². The number of rotatable bonds is 5. The molecule has 146 valence electrons. The van der Waals surface area contributed by atoms with Gasteiger partial charge in [0.1, 0.15) is 22.7 Å². The van der Waals surface area contributed by atoms with Crippen LogP contribution in [0, 0.1) is 6.92 Å². The Hall–Kier alpha value is -3.10. The Kier molecular flexibility index (Phi) is 4.79. The molecule has 1 aliphatic heterocycles. The van der Waals surface area contributed by atoms with Gasteiger partial charge in [-0.15, -0.1) is 11.3 Å².